The summed E-state index contributed by atoms with van der Waals surface area (Å²) in [7, 11) is 3.26. The molecule has 0 N–H and O–H groups in total. The molecular formula is C14H13N3O2. The number of methoxy groups -OCH3 is 2. The summed E-state index contributed by atoms with van der Waals surface area (Å²) in [6.07, 6.45) is 5.28. The van der Waals surface area contributed by atoms with Crippen LogP contribution in [0.5, 0.6) is 11.5 Å². The van der Waals surface area contributed by atoms with Gasteiger partial charge in [-0.15, -0.1) is 0 Å². The lowest BCUT2D eigenvalue weighted by Gasteiger charge is -2.09. The van der Waals surface area contributed by atoms with Crippen LogP contribution in [0.1, 0.15) is 0 Å². The van der Waals surface area contributed by atoms with E-state index >= 15 is 0 Å². The van der Waals surface area contributed by atoms with Gasteiger partial charge >= 0.3 is 0 Å². The SMILES string of the molecule is COc1cc(OC)cc(-n2cnc3ccncc32)c1. The van der Waals surface area contributed by atoms with E-state index in [1.807, 2.05) is 28.8 Å². The van der Waals surface area contributed by atoms with Gasteiger partial charge in [-0.25, -0.2) is 4.98 Å². The molecule has 0 radical (unpaired) electrons. The minimum absolute atomic E-state index is 0.736. The minimum Gasteiger partial charge on any atom is -0.497 e. The Morgan fingerprint density at radius 1 is 1.05 bits per heavy atom. The van der Waals surface area contributed by atoms with Gasteiger partial charge in [-0.1, -0.05) is 0 Å². The minimum atomic E-state index is 0.736. The second kappa shape index (κ2) is 4.61. The molecule has 0 bridgehead atoms. The quantitative estimate of drug-likeness (QED) is 0.721. The van der Waals surface area contributed by atoms with E-state index in [0.29, 0.717) is 0 Å². The van der Waals surface area contributed by atoms with Crippen LogP contribution in [0.4, 0.5) is 0 Å². The van der Waals surface area contributed by atoms with Gasteiger partial charge in [-0.2, -0.15) is 0 Å². The zero-order valence-corrected chi connectivity index (χ0v) is 10.7. The van der Waals surface area contributed by atoms with Crippen LogP contribution >= 0.6 is 0 Å². The highest BCUT2D eigenvalue weighted by molar-refractivity contribution is 5.76. The summed E-state index contributed by atoms with van der Waals surface area (Å²) in [4.78, 5) is 8.48. The molecule has 19 heavy (non-hydrogen) atoms. The maximum absolute atomic E-state index is 5.28. The summed E-state index contributed by atoms with van der Waals surface area (Å²) in [5.41, 5.74) is 2.77. The molecular weight excluding hydrogens is 242 g/mol. The van der Waals surface area contributed by atoms with Gasteiger partial charge in [0.15, 0.2) is 0 Å². The number of imidazole rings is 1. The van der Waals surface area contributed by atoms with Crippen molar-refractivity contribution in [1.29, 1.82) is 0 Å². The molecule has 0 aliphatic heterocycles. The van der Waals surface area contributed by atoms with E-state index in [2.05, 4.69) is 9.97 Å². The van der Waals surface area contributed by atoms with Gasteiger partial charge in [0.05, 0.1) is 37.1 Å². The molecule has 1 aromatic carbocycles. The van der Waals surface area contributed by atoms with E-state index in [-0.39, 0.29) is 0 Å². The third-order valence-electron chi connectivity index (χ3n) is 2.96. The number of ether oxygens (including phenoxy) is 2. The predicted molar refractivity (Wildman–Crippen MR) is 72.0 cm³/mol. The van der Waals surface area contributed by atoms with Crippen LogP contribution in [0.25, 0.3) is 16.7 Å². The number of nitrogens with zero attached hydrogens (tertiary/aromatic N) is 3. The molecule has 96 valence electrons. The average Bonchev–Trinajstić information content (AvgIpc) is 2.90. The van der Waals surface area contributed by atoms with Crippen LogP contribution in [0, 0.1) is 0 Å². The molecule has 0 unspecified atom stereocenters. The van der Waals surface area contributed by atoms with Crippen LogP contribution in [-0.2, 0) is 0 Å². The van der Waals surface area contributed by atoms with Gasteiger partial charge in [0.25, 0.3) is 0 Å². The molecule has 0 spiro atoms. The van der Waals surface area contributed by atoms with E-state index in [4.69, 9.17) is 9.47 Å². The largest absolute Gasteiger partial charge is 0.497 e. The maximum Gasteiger partial charge on any atom is 0.124 e. The number of hydrogen-bond acceptors (Lipinski definition) is 4. The zero-order chi connectivity index (χ0) is 13.2. The standard InChI is InChI=1S/C14H13N3O2/c1-18-11-5-10(6-12(7-11)19-2)17-9-16-13-3-4-15-8-14(13)17/h3-9H,1-2H3. The topological polar surface area (TPSA) is 49.2 Å². The van der Waals surface area contributed by atoms with Gasteiger partial charge in [-0.05, 0) is 6.07 Å². The van der Waals surface area contributed by atoms with Crippen LogP contribution in [0.15, 0.2) is 43.0 Å². The van der Waals surface area contributed by atoms with E-state index in [0.717, 1.165) is 28.2 Å². The van der Waals surface area contributed by atoms with E-state index in [1.165, 1.54) is 0 Å². The molecule has 5 heteroatoms. The van der Waals surface area contributed by atoms with Gasteiger partial charge in [0.2, 0.25) is 0 Å². The highest BCUT2D eigenvalue weighted by atomic mass is 16.5. The molecule has 3 rings (SSSR count). The number of aromatic nitrogens is 3. The molecule has 5 nitrogen and oxygen atoms in total. The Morgan fingerprint density at radius 3 is 2.47 bits per heavy atom. The fourth-order valence-electron chi connectivity index (χ4n) is 1.99. The first-order chi connectivity index (χ1) is 9.31. The lowest BCUT2D eigenvalue weighted by molar-refractivity contribution is 0.394. The number of fused-ring (bicyclic) bond motifs is 1. The summed E-state index contributed by atoms with van der Waals surface area (Å²) < 4.78 is 12.5. The van der Waals surface area contributed by atoms with Crippen LogP contribution in [0.2, 0.25) is 0 Å². The first kappa shape index (κ1) is 11.5. The van der Waals surface area contributed by atoms with Crippen molar-refractivity contribution < 1.29 is 9.47 Å². The van der Waals surface area contributed by atoms with Crippen LogP contribution in [0.3, 0.4) is 0 Å². The average molecular weight is 255 g/mol. The third kappa shape index (κ3) is 1.99. The second-order valence-electron chi connectivity index (χ2n) is 4.05. The van der Waals surface area contributed by atoms with Crippen molar-refractivity contribution in [2.24, 2.45) is 0 Å². The lowest BCUT2D eigenvalue weighted by atomic mass is 10.2. The predicted octanol–water partition coefficient (Wildman–Crippen LogP) is 2.44. The Hall–Kier alpha value is -2.56. The smallest absolute Gasteiger partial charge is 0.124 e. The molecule has 2 heterocycles. The number of benzene rings is 1. The fourth-order valence-corrected chi connectivity index (χ4v) is 1.99. The molecule has 0 aliphatic rings. The van der Waals surface area contributed by atoms with Gasteiger partial charge in [0, 0.05) is 24.4 Å². The number of rotatable bonds is 3. The maximum atomic E-state index is 5.28. The van der Waals surface area contributed by atoms with Gasteiger partial charge in [-0.3, -0.25) is 9.55 Å². The Bertz CT molecular complexity index is 699. The summed E-state index contributed by atoms with van der Waals surface area (Å²) in [5.74, 6) is 1.47. The van der Waals surface area contributed by atoms with Crippen molar-refractivity contribution in [2.45, 2.75) is 0 Å². The molecule has 0 aliphatic carbocycles. The van der Waals surface area contributed by atoms with Crippen LogP contribution < -0.4 is 9.47 Å². The van der Waals surface area contributed by atoms with E-state index < -0.39 is 0 Å². The Morgan fingerprint density at radius 2 is 1.79 bits per heavy atom. The van der Waals surface area contributed by atoms with Crippen molar-refractivity contribution in [1.82, 2.24) is 14.5 Å². The summed E-state index contributed by atoms with van der Waals surface area (Å²) >= 11 is 0. The number of hydrogen-bond donors (Lipinski definition) is 0. The van der Waals surface area contributed by atoms with Crippen molar-refractivity contribution in [3.05, 3.63) is 43.0 Å². The lowest BCUT2D eigenvalue weighted by Crippen LogP contribution is -1.95. The van der Waals surface area contributed by atoms with Crippen molar-refractivity contribution >= 4 is 11.0 Å². The molecule has 0 fully saturated rings. The Balaban J connectivity index is 2.20. The Kier molecular flexibility index (Phi) is 2.79. The molecule has 0 amide bonds. The van der Waals surface area contributed by atoms with Gasteiger partial charge < -0.3 is 9.47 Å². The first-order valence-electron chi connectivity index (χ1n) is 5.82. The highest BCUT2D eigenvalue weighted by Crippen LogP contribution is 2.26. The zero-order valence-electron chi connectivity index (χ0n) is 10.7. The summed E-state index contributed by atoms with van der Waals surface area (Å²) in [6, 6.07) is 7.57. The first-order valence-corrected chi connectivity index (χ1v) is 5.82. The van der Waals surface area contributed by atoms with Crippen molar-refractivity contribution in [3.63, 3.8) is 0 Å². The molecule has 2 aromatic heterocycles. The Labute approximate surface area is 110 Å². The fraction of sp³-hybridized carbons (Fsp3) is 0.143. The molecule has 0 saturated heterocycles. The van der Waals surface area contributed by atoms with Crippen LogP contribution in [-0.4, -0.2) is 28.8 Å². The van der Waals surface area contributed by atoms with Crippen molar-refractivity contribution in [3.8, 4) is 17.2 Å². The third-order valence-corrected chi connectivity index (χ3v) is 2.96. The normalized spacial score (nSPS) is 10.6. The van der Waals surface area contributed by atoms with Crippen molar-refractivity contribution in [2.75, 3.05) is 14.2 Å². The monoisotopic (exact) mass is 255 g/mol. The second-order valence-corrected chi connectivity index (χ2v) is 4.05. The summed E-state index contributed by atoms with van der Waals surface area (Å²) in [5, 5.41) is 0. The molecule has 3 aromatic rings. The van der Waals surface area contributed by atoms with Gasteiger partial charge in [0.1, 0.15) is 17.8 Å². The molecule has 0 saturated carbocycles. The highest BCUT2D eigenvalue weighted by Gasteiger charge is 2.07. The van der Waals surface area contributed by atoms with E-state index in [9.17, 15) is 0 Å². The summed E-state index contributed by atoms with van der Waals surface area (Å²) in [6.45, 7) is 0. The number of pyridine rings is 1. The molecule has 0 atom stereocenters. The van der Waals surface area contributed by atoms with E-state index in [1.54, 1.807) is 32.9 Å².